The Morgan fingerprint density at radius 2 is 1.61 bits per heavy atom. The molecule has 1 aromatic carbocycles. The van der Waals surface area contributed by atoms with Crippen molar-refractivity contribution in [3.8, 4) is 11.1 Å². The summed E-state index contributed by atoms with van der Waals surface area (Å²) in [6.45, 7) is -0.0748. The number of rotatable bonds is 4. The molecule has 5 heteroatoms. The van der Waals surface area contributed by atoms with Gasteiger partial charge in [-0.25, -0.2) is 0 Å². The van der Waals surface area contributed by atoms with Gasteiger partial charge in [-0.2, -0.15) is 0 Å². The lowest BCUT2D eigenvalue weighted by Gasteiger charge is -2.05. The minimum atomic E-state index is -0.872. The van der Waals surface area contributed by atoms with E-state index in [4.69, 9.17) is 5.11 Å². The molecule has 2 N–H and O–H groups in total. The molecule has 0 aliphatic heterocycles. The monoisotopic (exact) mass is 264 g/mol. The van der Waals surface area contributed by atoms with Crippen molar-refractivity contribution in [1.29, 1.82) is 0 Å². The standard InChI is InChI=1S/C13H12N2O2.ClH/c16-13(17)9-15-12-3-1-10(2-4-12)11-5-7-14-8-6-11;/h1-8,15H,9H2,(H,16,17);1H. The fourth-order valence-electron chi connectivity index (χ4n) is 1.50. The first-order valence-corrected chi connectivity index (χ1v) is 5.22. The van der Waals surface area contributed by atoms with Crippen molar-refractivity contribution in [3.05, 3.63) is 48.8 Å². The van der Waals surface area contributed by atoms with Crippen LogP contribution in [0.5, 0.6) is 0 Å². The summed E-state index contributed by atoms with van der Waals surface area (Å²) in [4.78, 5) is 14.4. The molecular weight excluding hydrogens is 252 g/mol. The predicted molar refractivity (Wildman–Crippen MR) is 73.0 cm³/mol. The van der Waals surface area contributed by atoms with E-state index < -0.39 is 5.97 Å². The lowest BCUT2D eigenvalue weighted by atomic mass is 10.1. The van der Waals surface area contributed by atoms with Crippen LogP contribution in [-0.2, 0) is 4.79 Å². The molecule has 0 fully saturated rings. The van der Waals surface area contributed by atoms with E-state index >= 15 is 0 Å². The molecule has 94 valence electrons. The Kier molecular flexibility index (Phi) is 5.14. The van der Waals surface area contributed by atoms with Gasteiger partial charge >= 0.3 is 5.97 Å². The van der Waals surface area contributed by atoms with Crippen LogP contribution < -0.4 is 5.32 Å². The Morgan fingerprint density at radius 1 is 1.06 bits per heavy atom. The Morgan fingerprint density at radius 3 is 2.17 bits per heavy atom. The number of hydrogen-bond donors (Lipinski definition) is 2. The van der Waals surface area contributed by atoms with Crippen LogP contribution in [0, 0.1) is 0 Å². The van der Waals surface area contributed by atoms with Crippen molar-refractivity contribution in [2.24, 2.45) is 0 Å². The van der Waals surface area contributed by atoms with Crippen molar-refractivity contribution in [3.63, 3.8) is 0 Å². The van der Waals surface area contributed by atoms with Gasteiger partial charge < -0.3 is 10.4 Å². The summed E-state index contributed by atoms with van der Waals surface area (Å²) in [6, 6.07) is 11.5. The summed E-state index contributed by atoms with van der Waals surface area (Å²) in [7, 11) is 0. The molecule has 0 unspecified atom stereocenters. The molecule has 0 atom stereocenters. The highest BCUT2D eigenvalue weighted by Crippen LogP contribution is 2.20. The molecular formula is C13H13ClN2O2. The highest BCUT2D eigenvalue weighted by Gasteiger charge is 1.99. The van der Waals surface area contributed by atoms with Crippen LogP contribution in [0.2, 0.25) is 0 Å². The average Bonchev–Trinajstić information content (AvgIpc) is 2.38. The number of nitrogens with one attached hydrogen (secondary N) is 1. The van der Waals surface area contributed by atoms with Crippen molar-refractivity contribution in [2.75, 3.05) is 11.9 Å². The molecule has 0 radical (unpaired) electrons. The van der Waals surface area contributed by atoms with Crippen LogP contribution in [0.25, 0.3) is 11.1 Å². The number of carboxylic acid groups (broad SMARTS) is 1. The SMILES string of the molecule is Cl.O=C(O)CNc1ccc(-c2ccncc2)cc1. The number of halogens is 1. The maximum Gasteiger partial charge on any atom is 0.322 e. The van der Waals surface area contributed by atoms with E-state index in [2.05, 4.69) is 10.3 Å². The van der Waals surface area contributed by atoms with Crippen LogP contribution in [-0.4, -0.2) is 22.6 Å². The third-order valence-electron chi connectivity index (χ3n) is 2.34. The Balaban J connectivity index is 0.00000162. The van der Waals surface area contributed by atoms with E-state index in [0.29, 0.717) is 0 Å². The second-order valence-electron chi connectivity index (χ2n) is 3.56. The largest absolute Gasteiger partial charge is 0.480 e. The summed E-state index contributed by atoms with van der Waals surface area (Å²) >= 11 is 0. The molecule has 0 saturated heterocycles. The van der Waals surface area contributed by atoms with E-state index in [9.17, 15) is 4.79 Å². The summed E-state index contributed by atoms with van der Waals surface area (Å²) < 4.78 is 0. The Labute approximate surface area is 111 Å². The van der Waals surface area contributed by atoms with Crippen LogP contribution >= 0.6 is 12.4 Å². The van der Waals surface area contributed by atoms with Crippen LogP contribution in [0.4, 0.5) is 5.69 Å². The molecule has 0 aliphatic carbocycles. The van der Waals surface area contributed by atoms with E-state index in [-0.39, 0.29) is 19.0 Å². The smallest absolute Gasteiger partial charge is 0.322 e. The first-order chi connectivity index (χ1) is 8.25. The number of aliphatic carboxylic acids is 1. The zero-order valence-corrected chi connectivity index (χ0v) is 10.4. The molecule has 1 aromatic heterocycles. The number of carboxylic acids is 1. The number of pyridine rings is 1. The molecule has 0 bridgehead atoms. The third kappa shape index (κ3) is 3.75. The molecule has 0 saturated carbocycles. The van der Waals surface area contributed by atoms with E-state index in [1.807, 2.05) is 36.4 Å². The van der Waals surface area contributed by atoms with Crippen molar-refractivity contribution >= 4 is 24.1 Å². The van der Waals surface area contributed by atoms with Crippen molar-refractivity contribution in [2.45, 2.75) is 0 Å². The van der Waals surface area contributed by atoms with Crippen molar-refractivity contribution in [1.82, 2.24) is 4.98 Å². The molecule has 0 amide bonds. The third-order valence-corrected chi connectivity index (χ3v) is 2.34. The highest BCUT2D eigenvalue weighted by molar-refractivity contribution is 5.85. The van der Waals surface area contributed by atoms with Crippen molar-refractivity contribution < 1.29 is 9.90 Å². The van der Waals surface area contributed by atoms with Gasteiger partial charge in [0, 0.05) is 18.1 Å². The topological polar surface area (TPSA) is 62.2 Å². The second kappa shape index (κ2) is 6.61. The quantitative estimate of drug-likeness (QED) is 0.891. The molecule has 18 heavy (non-hydrogen) atoms. The number of carbonyl (C=O) groups is 1. The Bertz CT molecular complexity index is 500. The van der Waals surface area contributed by atoms with Crippen LogP contribution in [0.3, 0.4) is 0 Å². The summed E-state index contributed by atoms with van der Waals surface area (Å²) in [5.41, 5.74) is 2.96. The Hall–Kier alpha value is -2.07. The lowest BCUT2D eigenvalue weighted by Crippen LogP contribution is -2.11. The molecule has 1 heterocycles. The molecule has 2 rings (SSSR count). The van der Waals surface area contributed by atoms with E-state index in [1.54, 1.807) is 12.4 Å². The second-order valence-corrected chi connectivity index (χ2v) is 3.56. The normalized spacial score (nSPS) is 9.33. The molecule has 4 nitrogen and oxygen atoms in total. The van der Waals surface area contributed by atoms with E-state index in [0.717, 1.165) is 16.8 Å². The first kappa shape index (κ1) is 14.0. The van der Waals surface area contributed by atoms with E-state index in [1.165, 1.54) is 0 Å². The molecule has 0 aliphatic rings. The van der Waals surface area contributed by atoms with Gasteiger partial charge in [-0.3, -0.25) is 9.78 Å². The zero-order chi connectivity index (χ0) is 12.1. The fourth-order valence-corrected chi connectivity index (χ4v) is 1.50. The maximum absolute atomic E-state index is 10.4. The van der Waals surface area contributed by atoms with Gasteiger partial charge in [0.1, 0.15) is 6.54 Å². The number of anilines is 1. The zero-order valence-electron chi connectivity index (χ0n) is 9.54. The van der Waals surface area contributed by atoms with Gasteiger partial charge in [0.25, 0.3) is 0 Å². The number of aromatic nitrogens is 1. The number of benzene rings is 1. The number of hydrogen-bond acceptors (Lipinski definition) is 3. The maximum atomic E-state index is 10.4. The van der Waals surface area contributed by atoms with Gasteiger partial charge in [-0.05, 0) is 35.4 Å². The van der Waals surface area contributed by atoms with Gasteiger partial charge in [-0.15, -0.1) is 12.4 Å². The average molecular weight is 265 g/mol. The number of nitrogens with zero attached hydrogens (tertiary/aromatic N) is 1. The van der Waals surface area contributed by atoms with Gasteiger partial charge in [0.2, 0.25) is 0 Å². The van der Waals surface area contributed by atoms with Gasteiger partial charge in [-0.1, -0.05) is 12.1 Å². The first-order valence-electron chi connectivity index (χ1n) is 5.22. The minimum absolute atomic E-state index is 0. The predicted octanol–water partition coefficient (Wildman–Crippen LogP) is 2.67. The van der Waals surface area contributed by atoms with Gasteiger partial charge in [0.05, 0.1) is 0 Å². The summed E-state index contributed by atoms with van der Waals surface area (Å²) in [5.74, 6) is -0.872. The highest BCUT2D eigenvalue weighted by atomic mass is 35.5. The van der Waals surface area contributed by atoms with Crippen LogP contribution in [0.15, 0.2) is 48.8 Å². The summed E-state index contributed by atoms with van der Waals surface area (Å²) in [5, 5.41) is 11.3. The lowest BCUT2D eigenvalue weighted by molar-refractivity contribution is -0.134. The van der Waals surface area contributed by atoms with Crippen LogP contribution in [0.1, 0.15) is 0 Å². The van der Waals surface area contributed by atoms with Gasteiger partial charge in [0.15, 0.2) is 0 Å². The molecule has 2 aromatic rings. The summed E-state index contributed by atoms with van der Waals surface area (Å²) in [6.07, 6.45) is 3.48. The minimum Gasteiger partial charge on any atom is -0.480 e. The molecule has 0 spiro atoms. The fraction of sp³-hybridized carbons (Fsp3) is 0.0769.